The van der Waals surface area contributed by atoms with Gasteiger partial charge < -0.3 is 18.8 Å². The van der Waals surface area contributed by atoms with Crippen LogP contribution in [0.5, 0.6) is 11.5 Å². The number of nitrogens with zero attached hydrogens (tertiary/aromatic N) is 1. The van der Waals surface area contributed by atoms with Gasteiger partial charge in [0.15, 0.2) is 16.9 Å². The SMILES string of the molecule is COc1ccc(CCN2C(=O)c3oc4cc(C)c(Cl)cc4c(=O)c3C2c2ccc(C(C)C)cc2)cc1OC. The van der Waals surface area contributed by atoms with Crippen LogP contribution in [0.4, 0.5) is 0 Å². The minimum absolute atomic E-state index is 0.0921. The van der Waals surface area contributed by atoms with Crippen molar-refractivity contribution in [1.29, 1.82) is 0 Å². The molecule has 38 heavy (non-hydrogen) atoms. The smallest absolute Gasteiger partial charge is 0.290 e. The molecule has 2 heterocycles. The Labute approximate surface area is 226 Å². The van der Waals surface area contributed by atoms with Crippen LogP contribution in [0.2, 0.25) is 5.02 Å². The molecular weight excluding hydrogens is 502 g/mol. The highest BCUT2D eigenvalue weighted by Gasteiger charge is 2.42. The summed E-state index contributed by atoms with van der Waals surface area (Å²) in [6, 6.07) is 16.6. The molecule has 0 N–H and O–H groups in total. The van der Waals surface area contributed by atoms with Gasteiger partial charge in [-0.25, -0.2) is 0 Å². The number of benzene rings is 3. The van der Waals surface area contributed by atoms with E-state index in [0.29, 0.717) is 51.9 Å². The maximum Gasteiger partial charge on any atom is 0.290 e. The Hall–Kier alpha value is -3.77. The first-order chi connectivity index (χ1) is 18.2. The quantitative estimate of drug-likeness (QED) is 0.266. The Morgan fingerprint density at radius 3 is 2.34 bits per heavy atom. The van der Waals surface area contributed by atoms with Gasteiger partial charge in [0.25, 0.3) is 5.91 Å². The zero-order chi connectivity index (χ0) is 27.1. The molecule has 0 aliphatic carbocycles. The number of hydrogen-bond donors (Lipinski definition) is 0. The van der Waals surface area contributed by atoms with Crippen LogP contribution in [0.1, 0.15) is 64.2 Å². The molecule has 1 atom stereocenters. The predicted octanol–water partition coefficient (Wildman–Crippen LogP) is 6.68. The molecule has 1 aliphatic rings. The van der Waals surface area contributed by atoms with Crippen LogP contribution in [0.25, 0.3) is 11.0 Å². The van der Waals surface area contributed by atoms with Crippen LogP contribution in [0.3, 0.4) is 0 Å². The van der Waals surface area contributed by atoms with Gasteiger partial charge in [-0.1, -0.05) is 55.8 Å². The number of halogens is 1. The number of carbonyl (C=O) groups excluding carboxylic acids is 1. The molecule has 1 aliphatic heterocycles. The van der Waals surface area contributed by atoms with E-state index in [9.17, 15) is 9.59 Å². The van der Waals surface area contributed by atoms with Crippen molar-refractivity contribution in [3.8, 4) is 11.5 Å². The fourth-order valence-corrected chi connectivity index (χ4v) is 5.23. The third-order valence-electron chi connectivity index (χ3n) is 7.26. The second-order valence-electron chi connectivity index (χ2n) is 9.93. The van der Waals surface area contributed by atoms with Crippen molar-refractivity contribution < 1.29 is 18.7 Å². The number of ether oxygens (including phenoxy) is 2. The van der Waals surface area contributed by atoms with E-state index in [1.807, 2.05) is 37.3 Å². The van der Waals surface area contributed by atoms with Gasteiger partial charge in [0.05, 0.1) is 31.2 Å². The van der Waals surface area contributed by atoms with Gasteiger partial charge in [-0.15, -0.1) is 0 Å². The van der Waals surface area contributed by atoms with Gasteiger partial charge in [-0.05, 0) is 65.8 Å². The monoisotopic (exact) mass is 531 g/mol. The lowest BCUT2D eigenvalue weighted by molar-refractivity contribution is 0.0730. The van der Waals surface area contributed by atoms with Gasteiger partial charge in [0.2, 0.25) is 5.76 Å². The van der Waals surface area contributed by atoms with Gasteiger partial charge >= 0.3 is 0 Å². The van der Waals surface area contributed by atoms with Gasteiger partial charge in [0.1, 0.15) is 5.58 Å². The predicted molar refractivity (Wildman–Crippen MR) is 149 cm³/mol. The summed E-state index contributed by atoms with van der Waals surface area (Å²) in [6.07, 6.45) is 0.555. The fourth-order valence-electron chi connectivity index (χ4n) is 5.07. The Morgan fingerprint density at radius 2 is 1.68 bits per heavy atom. The molecule has 6 nitrogen and oxygen atoms in total. The summed E-state index contributed by atoms with van der Waals surface area (Å²) in [7, 11) is 3.19. The number of hydrogen-bond acceptors (Lipinski definition) is 5. The zero-order valence-corrected chi connectivity index (χ0v) is 22.9. The fraction of sp³-hybridized carbons (Fsp3) is 0.290. The zero-order valence-electron chi connectivity index (χ0n) is 22.1. The van der Waals surface area contributed by atoms with Gasteiger partial charge in [-0.3, -0.25) is 9.59 Å². The molecule has 1 amide bonds. The van der Waals surface area contributed by atoms with E-state index in [-0.39, 0.29) is 17.1 Å². The number of amides is 1. The number of carbonyl (C=O) groups is 1. The Bertz CT molecular complexity index is 1590. The molecule has 5 rings (SSSR count). The third kappa shape index (κ3) is 4.43. The summed E-state index contributed by atoms with van der Waals surface area (Å²) >= 11 is 6.36. The van der Waals surface area contributed by atoms with Crippen LogP contribution in [-0.2, 0) is 6.42 Å². The highest BCUT2D eigenvalue weighted by atomic mass is 35.5. The lowest BCUT2D eigenvalue weighted by atomic mass is 9.95. The first kappa shape index (κ1) is 25.9. The van der Waals surface area contributed by atoms with Crippen molar-refractivity contribution in [2.45, 2.75) is 39.2 Å². The maximum absolute atomic E-state index is 13.8. The second-order valence-corrected chi connectivity index (χ2v) is 10.3. The minimum atomic E-state index is -0.570. The Kier molecular flexibility index (Phi) is 6.93. The molecule has 1 aromatic heterocycles. The highest BCUT2D eigenvalue weighted by Crippen LogP contribution is 2.39. The van der Waals surface area contributed by atoms with Crippen LogP contribution < -0.4 is 14.9 Å². The standard InChI is InChI=1S/C31H30ClNO5/c1-17(2)20-7-9-21(10-8-20)28-27-29(34)22-16-23(32)18(3)14-25(22)38-30(27)31(35)33(28)13-12-19-6-11-24(36-4)26(15-19)37-5/h6-11,14-17,28H,12-13H2,1-5H3. The van der Waals surface area contributed by atoms with Crippen LogP contribution >= 0.6 is 11.6 Å². The number of methoxy groups -OCH3 is 2. The summed E-state index contributed by atoms with van der Waals surface area (Å²) < 4.78 is 16.9. The van der Waals surface area contributed by atoms with Crippen molar-refractivity contribution >= 4 is 28.5 Å². The largest absolute Gasteiger partial charge is 0.493 e. The van der Waals surface area contributed by atoms with Crippen molar-refractivity contribution in [1.82, 2.24) is 4.90 Å². The number of rotatable bonds is 7. The average Bonchev–Trinajstić information content (AvgIpc) is 3.19. The number of fused-ring (bicyclic) bond motifs is 2. The normalized spacial score (nSPS) is 14.9. The van der Waals surface area contributed by atoms with E-state index in [1.165, 1.54) is 5.56 Å². The molecule has 0 fully saturated rings. The molecule has 0 bridgehead atoms. The van der Waals surface area contributed by atoms with E-state index in [2.05, 4.69) is 26.0 Å². The molecule has 196 valence electrons. The molecular formula is C31H30ClNO5. The lowest BCUT2D eigenvalue weighted by Gasteiger charge is -2.25. The van der Waals surface area contributed by atoms with E-state index in [0.717, 1.165) is 16.7 Å². The van der Waals surface area contributed by atoms with Crippen molar-refractivity contribution in [3.05, 3.63) is 103 Å². The topological polar surface area (TPSA) is 69.0 Å². The average molecular weight is 532 g/mol. The molecule has 0 spiro atoms. The van der Waals surface area contributed by atoms with E-state index in [1.54, 1.807) is 31.3 Å². The third-order valence-corrected chi connectivity index (χ3v) is 7.66. The van der Waals surface area contributed by atoms with Crippen LogP contribution in [-0.4, -0.2) is 31.6 Å². The second kappa shape index (κ2) is 10.2. The molecule has 0 saturated carbocycles. The molecule has 7 heteroatoms. The summed E-state index contributed by atoms with van der Waals surface area (Å²) in [5, 5.41) is 0.856. The maximum atomic E-state index is 13.8. The summed E-state index contributed by atoms with van der Waals surface area (Å²) in [5.74, 6) is 1.42. The molecule has 3 aromatic carbocycles. The molecule has 1 unspecified atom stereocenters. The molecule has 4 aromatic rings. The van der Waals surface area contributed by atoms with E-state index in [4.69, 9.17) is 25.5 Å². The van der Waals surface area contributed by atoms with Gasteiger partial charge in [-0.2, -0.15) is 0 Å². The van der Waals surface area contributed by atoms with E-state index >= 15 is 0 Å². The Morgan fingerprint density at radius 1 is 0.974 bits per heavy atom. The van der Waals surface area contributed by atoms with Crippen molar-refractivity contribution in [2.75, 3.05) is 20.8 Å². The highest BCUT2D eigenvalue weighted by molar-refractivity contribution is 6.32. The van der Waals surface area contributed by atoms with Gasteiger partial charge in [0, 0.05) is 11.6 Å². The van der Waals surface area contributed by atoms with Crippen LogP contribution in [0, 0.1) is 6.92 Å². The molecule has 0 saturated heterocycles. The first-order valence-corrected chi connectivity index (χ1v) is 13.0. The Balaban J connectivity index is 1.60. The summed E-state index contributed by atoms with van der Waals surface area (Å²) in [4.78, 5) is 29.3. The summed E-state index contributed by atoms with van der Waals surface area (Å²) in [6.45, 7) is 6.48. The van der Waals surface area contributed by atoms with Crippen molar-refractivity contribution in [2.24, 2.45) is 0 Å². The summed E-state index contributed by atoms with van der Waals surface area (Å²) in [5.41, 5.74) is 4.28. The number of aryl methyl sites for hydroxylation is 1. The van der Waals surface area contributed by atoms with Crippen molar-refractivity contribution in [3.63, 3.8) is 0 Å². The first-order valence-electron chi connectivity index (χ1n) is 12.6. The lowest BCUT2D eigenvalue weighted by Crippen LogP contribution is -2.31. The molecule has 0 radical (unpaired) electrons. The van der Waals surface area contributed by atoms with E-state index < -0.39 is 6.04 Å². The minimum Gasteiger partial charge on any atom is -0.493 e. The van der Waals surface area contributed by atoms with Crippen LogP contribution in [0.15, 0.2) is 63.8 Å².